The van der Waals surface area contributed by atoms with E-state index >= 15 is 0 Å². The van der Waals surface area contributed by atoms with Crippen molar-refractivity contribution in [2.24, 2.45) is 0 Å². The van der Waals surface area contributed by atoms with Crippen LogP contribution >= 0.6 is 0 Å². The van der Waals surface area contributed by atoms with Gasteiger partial charge in [0.1, 0.15) is 0 Å². The lowest BCUT2D eigenvalue weighted by atomic mass is 10.3. The smallest absolute Gasteiger partial charge is 0.317 e. The van der Waals surface area contributed by atoms with Crippen LogP contribution in [-0.2, 0) is 9.53 Å². The van der Waals surface area contributed by atoms with Crippen molar-refractivity contribution < 1.29 is 19.4 Å². The van der Waals surface area contributed by atoms with Crippen LogP contribution in [-0.4, -0.2) is 79.4 Å². The molecule has 1 fully saturated rings. The molecule has 0 aromatic carbocycles. The molecule has 122 valence electrons. The number of aliphatic carboxylic acids is 1. The van der Waals surface area contributed by atoms with Gasteiger partial charge in [-0.2, -0.15) is 0 Å². The lowest BCUT2D eigenvalue weighted by Gasteiger charge is -2.34. The summed E-state index contributed by atoms with van der Waals surface area (Å²) in [5, 5.41) is 11.5. The zero-order valence-electron chi connectivity index (χ0n) is 12.8. The van der Waals surface area contributed by atoms with Gasteiger partial charge in [-0.15, -0.1) is 0 Å². The van der Waals surface area contributed by atoms with Crippen LogP contribution in [0.4, 0.5) is 4.79 Å². The van der Waals surface area contributed by atoms with Crippen LogP contribution in [0.2, 0.25) is 0 Å². The van der Waals surface area contributed by atoms with Gasteiger partial charge in [-0.25, -0.2) is 4.79 Å². The third kappa shape index (κ3) is 7.87. The molecular weight excluding hydrogens is 274 g/mol. The second-order valence-corrected chi connectivity index (χ2v) is 5.17. The fourth-order valence-electron chi connectivity index (χ4n) is 2.16. The van der Waals surface area contributed by atoms with Crippen LogP contribution in [0.5, 0.6) is 0 Å². The third-order valence-electron chi connectivity index (χ3n) is 3.39. The third-order valence-corrected chi connectivity index (χ3v) is 3.39. The molecule has 2 amide bonds. The van der Waals surface area contributed by atoms with Crippen molar-refractivity contribution >= 4 is 12.0 Å². The van der Waals surface area contributed by atoms with Gasteiger partial charge in [0.05, 0.1) is 6.42 Å². The van der Waals surface area contributed by atoms with Crippen molar-refractivity contribution in [1.82, 2.24) is 15.1 Å². The van der Waals surface area contributed by atoms with Gasteiger partial charge in [0.15, 0.2) is 0 Å². The molecule has 0 unspecified atom stereocenters. The summed E-state index contributed by atoms with van der Waals surface area (Å²) < 4.78 is 5.35. The largest absolute Gasteiger partial charge is 0.481 e. The maximum atomic E-state index is 11.9. The van der Waals surface area contributed by atoms with E-state index in [1.807, 2.05) is 0 Å². The van der Waals surface area contributed by atoms with Crippen molar-refractivity contribution in [3.63, 3.8) is 0 Å². The summed E-state index contributed by atoms with van der Waals surface area (Å²) in [5.74, 6) is -0.777. The molecule has 0 spiro atoms. The van der Waals surface area contributed by atoms with E-state index in [1.54, 1.807) is 4.90 Å². The van der Waals surface area contributed by atoms with E-state index in [0.717, 1.165) is 32.5 Å². The molecule has 1 rings (SSSR count). The molecule has 0 aromatic rings. The molecule has 0 bridgehead atoms. The number of hydrogen-bond acceptors (Lipinski definition) is 4. The Morgan fingerprint density at radius 3 is 2.52 bits per heavy atom. The number of carbonyl (C=O) groups excluding carboxylic acids is 1. The van der Waals surface area contributed by atoms with E-state index in [9.17, 15) is 9.59 Å². The Morgan fingerprint density at radius 1 is 1.19 bits per heavy atom. The number of nitrogens with one attached hydrogen (secondary N) is 1. The molecule has 0 radical (unpaired) electrons. The Balaban J connectivity index is 2.07. The fraction of sp³-hybridized carbons (Fsp3) is 0.857. The van der Waals surface area contributed by atoms with Gasteiger partial charge < -0.3 is 20.1 Å². The number of carboxylic acids is 1. The number of carbonyl (C=O) groups is 2. The van der Waals surface area contributed by atoms with Gasteiger partial charge in [-0.3, -0.25) is 9.69 Å². The number of hydrogen-bond donors (Lipinski definition) is 2. The van der Waals surface area contributed by atoms with Crippen molar-refractivity contribution in [3.05, 3.63) is 0 Å². The topological polar surface area (TPSA) is 82.1 Å². The number of amides is 2. The van der Waals surface area contributed by atoms with Crippen LogP contribution in [0, 0.1) is 0 Å². The van der Waals surface area contributed by atoms with Crippen LogP contribution < -0.4 is 5.32 Å². The first-order valence-corrected chi connectivity index (χ1v) is 7.68. The Labute approximate surface area is 126 Å². The molecular formula is C14H27N3O4. The summed E-state index contributed by atoms with van der Waals surface area (Å²) >= 11 is 0. The van der Waals surface area contributed by atoms with Crippen LogP contribution in [0.25, 0.3) is 0 Å². The number of urea groups is 1. The minimum atomic E-state index is -0.777. The highest BCUT2D eigenvalue weighted by Crippen LogP contribution is 2.03. The molecule has 7 nitrogen and oxygen atoms in total. The molecule has 0 aromatic heterocycles. The standard InChI is InChI=1S/C14H27N3O4/c1-2-11-21-12-3-5-15-14(20)17-9-7-16(8-10-17)6-4-13(18)19/h2-12H2,1H3,(H,15,20)(H,18,19). The lowest BCUT2D eigenvalue weighted by Crippen LogP contribution is -2.52. The monoisotopic (exact) mass is 301 g/mol. The molecule has 21 heavy (non-hydrogen) atoms. The van der Waals surface area contributed by atoms with E-state index in [-0.39, 0.29) is 12.5 Å². The van der Waals surface area contributed by atoms with Crippen LogP contribution in [0.3, 0.4) is 0 Å². The van der Waals surface area contributed by atoms with Crippen molar-refractivity contribution in [2.45, 2.75) is 26.2 Å². The average Bonchev–Trinajstić information content (AvgIpc) is 2.49. The fourth-order valence-corrected chi connectivity index (χ4v) is 2.16. The van der Waals surface area contributed by atoms with Gasteiger partial charge in [0, 0.05) is 52.5 Å². The van der Waals surface area contributed by atoms with Gasteiger partial charge in [0.25, 0.3) is 0 Å². The number of carboxylic acid groups (broad SMARTS) is 1. The molecule has 0 atom stereocenters. The quantitative estimate of drug-likeness (QED) is 0.610. The van der Waals surface area contributed by atoms with E-state index in [0.29, 0.717) is 32.8 Å². The summed E-state index contributed by atoms with van der Waals surface area (Å²) in [6.45, 7) is 7.47. The highest BCUT2D eigenvalue weighted by atomic mass is 16.5. The number of nitrogens with zero attached hydrogens (tertiary/aromatic N) is 2. The van der Waals surface area contributed by atoms with Gasteiger partial charge in [0.2, 0.25) is 0 Å². The summed E-state index contributed by atoms with van der Waals surface area (Å²) in [6, 6.07) is -0.0385. The first-order chi connectivity index (χ1) is 10.1. The van der Waals surface area contributed by atoms with Crippen molar-refractivity contribution in [1.29, 1.82) is 0 Å². The van der Waals surface area contributed by atoms with Gasteiger partial charge >= 0.3 is 12.0 Å². The first kappa shape index (κ1) is 17.7. The molecule has 0 aliphatic carbocycles. The molecule has 1 heterocycles. The predicted molar refractivity (Wildman–Crippen MR) is 79.4 cm³/mol. The first-order valence-electron chi connectivity index (χ1n) is 7.68. The summed E-state index contributed by atoms with van der Waals surface area (Å²) in [4.78, 5) is 26.3. The van der Waals surface area contributed by atoms with E-state index in [1.165, 1.54) is 0 Å². The van der Waals surface area contributed by atoms with Crippen molar-refractivity contribution in [2.75, 3.05) is 52.5 Å². The maximum absolute atomic E-state index is 11.9. The zero-order chi connectivity index (χ0) is 15.5. The molecule has 2 N–H and O–H groups in total. The highest BCUT2D eigenvalue weighted by molar-refractivity contribution is 5.74. The Hall–Kier alpha value is -1.34. The molecule has 1 aliphatic heterocycles. The maximum Gasteiger partial charge on any atom is 0.317 e. The Morgan fingerprint density at radius 2 is 1.90 bits per heavy atom. The van der Waals surface area contributed by atoms with E-state index in [2.05, 4.69) is 17.1 Å². The Bertz CT molecular complexity index is 317. The second kappa shape index (κ2) is 10.4. The van der Waals surface area contributed by atoms with E-state index in [4.69, 9.17) is 9.84 Å². The van der Waals surface area contributed by atoms with Gasteiger partial charge in [-0.1, -0.05) is 6.92 Å². The molecule has 0 saturated carbocycles. The second-order valence-electron chi connectivity index (χ2n) is 5.17. The van der Waals surface area contributed by atoms with Crippen LogP contribution in [0.1, 0.15) is 26.2 Å². The highest BCUT2D eigenvalue weighted by Gasteiger charge is 2.20. The summed E-state index contributed by atoms with van der Waals surface area (Å²) in [5.41, 5.74) is 0. The Kier molecular flexibility index (Phi) is 8.77. The normalized spacial score (nSPS) is 16.0. The number of rotatable bonds is 9. The molecule has 7 heteroatoms. The van der Waals surface area contributed by atoms with Crippen LogP contribution in [0.15, 0.2) is 0 Å². The number of ether oxygens (including phenoxy) is 1. The summed E-state index contributed by atoms with van der Waals surface area (Å²) in [7, 11) is 0. The lowest BCUT2D eigenvalue weighted by molar-refractivity contribution is -0.137. The number of piperazine rings is 1. The van der Waals surface area contributed by atoms with E-state index < -0.39 is 5.97 Å². The average molecular weight is 301 g/mol. The van der Waals surface area contributed by atoms with Gasteiger partial charge in [-0.05, 0) is 12.8 Å². The minimum absolute atomic E-state index is 0.0385. The minimum Gasteiger partial charge on any atom is -0.481 e. The van der Waals surface area contributed by atoms with Crippen molar-refractivity contribution in [3.8, 4) is 0 Å². The zero-order valence-corrected chi connectivity index (χ0v) is 12.8. The molecule has 1 aliphatic rings. The SMILES string of the molecule is CCCOCCCNC(=O)N1CCN(CCC(=O)O)CC1. The summed E-state index contributed by atoms with van der Waals surface area (Å²) in [6.07, 6.45) is 1.99. The molecule has 1 saturated heterocycles. The predicted octanol–water partition coefficient (Wildman–Crippen LogP) is 0.605.